The second-order valence-corrected chi connectivity index (χ2v) is 5.58. The van der Waals surface area contributed by atoms with Gasteiger partial charge in [0.2, 0.25) is 0 Å². The van der Waals surface area contributed by atoms with Crippen LogP contribution in [-0.2, 0) is 5.66 Å². The maximum absolute atomic E-state index is 8.79. The smallest absolute Gasteiger partial charge is 0.198 e. The summed E-state index contributed by atoms with van der Waals surface area (Å²) in [5.41, 5.74) is 0.429. The minimum atomic E-state index is -0.600. The molecule has 0 saturated heterocycles. The fourth-order valence-electron chi connectivity index (χ4n) is 2.49. The Morgan fingerprint density at radius 2 is 2.09 bits per heavy atom. The van der Waals surface area contributed by atoms with Gasteiger partial charge in [0, 0.05) is 12.1 Å². The van der Waals surface area contributed by atoms with E-state index in [1.807, 2.05) is 24.3 Å². The van der Waals surface area contributed by atoms with Gasteiger partial charge in [-0.3, -0.25) is 0 Å². The van der Waals surface area contributed by atoms with Gasteiger partial charge in [-0.25, -0.2) is 4.99 Å². The number of hydrogen-bond acceptors (Lipinski definition) is 6. The molecule has 2 atom stereocenters. The Balaban J connectivity index is 1.99. The molecule has 0 saturated carbocycles. The minimum absolute atomic E-state index is 0.168. The lowest BCUT2D eigenvalue weighted by Gasteiger charge is -2.24. The first kappa shape index (κ1) is 16.6. The third-order valence-corrected chi connectivity index (χ3v) is 3.87. The van der Waals surface area contributed by atoms with E-state index in [0.717, 1.165) is 30.7 Å². The lowest BCUT2D eigenvalue weighted by Crippen LogP contribution is -2.26. The number of aliphatic hydroxyl groups excluding tert-OH is 1. The summed E-state index contributed by atoms with van der Waals surface area (Å²) in [6.45, 7) is 3.86. The van der Waals surface area contributed by atoms with E-state index in [0.29, 0.717) is 12.5 Å². The zero-order valence-electron chi connectivity index (χ0n) is 13.2. The summed E-state index contributed by atoms with van der Waals surface area (Å²) >= 11 is 0. The zero-order chi connectivity index (χ0) is 15.8. The van der Waals surface area contributed by atoms with E-state index in [2.05, 4.69) is 27.5 Å². The van der Waals surface area contributed by atoms with Gasteiger partial charge in [-0.1, -0.05) is 19.1 Å². The predicted octanol–water partition coefficient (Wildman–Crippen LogP) is 2.34. The molecule has 6 nitrogen and oxygen atoms in total. The molecule has 1 aromatic rings. The number of hydrogen-bond donors (Lipinski definition) is 2. The number of methoxy groups -OCH3 is 1. The molecular weight excluding hydrogens is 280 g/mol. The van der Waals surface area contributed by atoms with Gasteiger partial charge in [0.25, 0.3) is 0 Å². The van der Waals surface area contributed by atoms with Crippen LogP contribution in [0.1, 0.15) is 25.3 Å². The lowest BCUT2D eigenvalue weighted by molar-refractivity contribution is 0.285. The molecule has 1 heterocycles. The van der Waals surface area contributed by atoms with E-state index < -0.39 is 5.66 Å². The van der Waals surface area contributed by atoms with Crippen molar-refractivity contribution in [3.05, 3.63) is 29.8 Å². The average Bonchev–Trinajstić information content (AvgIpc) is 3.03. The highest BCUT2D eigenvalue weighted by Gasteiger charge is 2.33. The van der Waals surface area contributed by atoms with Gasteiger partial charge < -0.3 is 15.2 Å². The van der Waals surface area contributed by atoms with Crippen LogP contribution in [0, 0.1) is 5.92 Å². The zero-order valence-corrected chi connectivity index (χ0v) is 13.2. The van der Waals surface area contributed by atoms with Crippen LogP contribution in [0.3, 0.4) is 0 Å². The van der Waals surface area contributed by atoms with Crippen LogP contribution < -0.4 is 10.1 Å². The molecule has 0 aromatic heterocycles. The summed E-state index contributed by atoms with van der Waals surface area (Å²) in [5, 5.41) is 20.3. The first-order valence-corrected chi connectivity index (χ1v) is 7.62. The Morgan fingerprint density at radius 1 is 1.32 bits per heavy atom. The number of aliphatic hydroxyl groups is 1. The van der Waals surface area contributed by atoms with Gasteiger partial charge in [0.15, 0.2) is 5.66 Å². The second-order valence-electron chi connectivity index (χ2n) is 5.58. The number of rotatable bonds is 9. The number of nitrogens with one attached hydrogen (secondary N) is 1. The summed E-state index contributed by atoms with van der Waals surface area (Å²) < 4.78 is 5.20. The van der Waals surface area contributed by atoms with Gasteiger partial charge >= 0.3 is 0 Å². The highest BCUT2D eigenvalue weighted by Crippen LogP contribution is 2.37. The van der Waals surface area contributed by atoms with Gasteiger partial charge in [0.1, 0.15) is 12.1 Å². The van der Waals surface area contributed by atoms with Crippen LogP contribution >= 0.6 is 0 Å². The Kier molecular flexibility index (Phi) is 6.03. The van der Waals surface area contributed by atoms with E-state index in [4.69, 9.17) is 9.84 Å². The Morgan fingerprint density at radius 3 is 2.68 bits per heavy atom. The van der Waals surface area contributed by atoms with Crippen molar-refractivity contribution < 1.29 is 9.84 Å². The quantitative estimate of drug-likeness (QED) is 0.687. The van der Waals surface area contributed by atoms with Crippen molar-refractivity contribution in [2.24, 2.45) is 21.1 Å². The third kappa shape index (κ3) is 4.11. The SMILES string of the molecule is COc1ccc(C2(CCC(C)CNCCO)N=CN=N2)cc1. The largest absolute Gasteiger partial charge is 0.497 e. The predicted molar refractivity (Wildman–Crippen MR) is 86.4 cm³/mol. The molecule has 0 aliphatic carbocycles. The monoisotopic (exact) mass is 304 g/mol. The Hall–Kier alpha value is -1.79. The van der Waals surface area contributed by atoms with Crippen LogP contribution in [-0.4, -0.2) is 38.3 Å². The van der Waals surface area contributed by atoms with Crippen molar-refractivity contribution >= 4 is 6.34 Å². The molecule has 0 spiro atoms. The summed E-state index contributed by atoms with van der Waals surface area (Å²) in [6, 6.07) is 7.84. The number of benzene rings is 1. The van der Waals surface area contributed by atoms with Gasteiger partial charge in [-0.15, -0.1) is 5.11 Å². The van der Waals surface area contributed by atoms with E-state index in [1.54, 1.807) is 7.11 Å². The molecule has 1 aliphatic heterocycles. The molecule has 0 fully saturated rings. The standard InChI is InChI=1S/C16H24N4O2/c1-13(11-17-9-10-21)7-8-16(18-12-19-20-16)14-3-5-15(22-2)6-4-14/h3-6,12-13,17,21H,7-11H2,1-2H3. The van der Waals surface area contributed by atoms with E-state index in [9.17, 15) is 0 Å². The fourth-order valence-corrected chi connectivity index (χ4v) is 2.49. The molecular formula is C16H24N4O2. The molecule has 0 bridgehead atoms. The van der Waals surface area contributed by atoms with Crippen LogP contribution in [0.5, 0.6) is 5.75 Å². The molecule has 2 unspecified atom stereocenters. The van der Waals surface area contributed by atoms with Crippen molar-refractivity contribution in [2.45, 2.75) is 25.4 Å². The summed E-state index contributed by atoms with van der Waals surface area (Å²) in [7, 11) is 1.65. The topological polar surface area (TPSA) is 78.6 Å². The molecule has 120 valence electrons. The van der Waals surface area contributed by atoms with E-state index >= 15 is 0 Å². The van der Waals surface area contributed by atoms with Crippen molar-refractivity contribution in [1.29, 1.82) is 0 Å². The highest BCUT2D eigenvalue weighted by atomic mass is 16.5. The van der Waals surface area contributed by atoms with Crippen molar-refractivity contribution in [2.75, 3.05) is 26.8 Å². The van der Waals surface area contributed by atoms with Crippen LogP contribution in [0.4, 0.5) is 0 Å². The van der Waals surface area contributed by atoms with Crippen molar-refractivity contribution in [1.82, 2.24) is 5.32 Å². The van der Waals surface area contributed by atoms with Crippen molar-refractivity contribution in [3.8, 4) is 5.75 Å². The normalized spacial score (nSPS) is 21.2. The summed E-state index contributed by atoms with van der Waals surface area (Å²) in [6.07, 6.45) is 3.31. The minimum Gasteiger partial charge on any atom is -0.497 e. The third-order valence-electron chi connectivity index (χ3n) is 3.87. The van der Waals surface area contributed by atoms with Gasteiger partial charge in [-0.05, 0) is 37.4 Å². The molecule has 1 aliphatic rings. The lowest BCUT2D eigenvalue weighted by atomic mass is 9.91. The summed E-state index contributed by atoms with van der Waals surface area (Å²) in [5.74, 6) is 1.30. The average molecular weight is 304 g/mol. The molecule has 0 radical (unpaired) electrons. The Labute approximate surface area is 131 Å². The van der Waals surface area contributed by atoms with Crippen LogP contribution in [0.15, 0.2) is 39.5 Å². The summed E-state index contributed by atoms with van der Waals surface area (Å²) in [4.78, 5) is 4.50. The molecule has 2 rings (SSSR count). The number of ether oxygens (including phenoxy) is 1. The molecule has 1 aromatic carbocycles. The molecule has 6 heteroatoms. The van der Waals surface area contributed by atoms with Crippen molar-refractivity contribution in [3.63, 3.8) is 0 Å². The molecule has 22 heavy (non-hydrogen) atoms. The highest BCUT2D eigenvalue weighted by molar-refractivity contribution is 5.58. The number of nitrogens with zero attached hydrogens (tertiary/aromatic N) is 3. The van der Waals surface area contributed by atoms with Crippen LogP contribution in [0.25, 0.3) is 0 Å². The van der Waals surface area contributed by atoms with E-state index in [1.165, 1.54) is 6.34 Å². The number of azo groups is 1. The van der Waals surface area contributed by atoms with Gasteiger partial charge in [-0.2, -0.15) is 5.11 Å². The maximum atomic E-state index is 8.79. The fraction of sp³-hybridized carbons (Fsp3) is 0.562. The first-order valence-electron chi connectivity index (χ1n) is 7.62. The van der Waals surface area contributed by atoms with Gasteiger partial charge in [0.05, 0.1) is 13.7 Å². The molecule has 0 amide bonds. The van der Waals surface area contributed by atoms with E-state index in [-0.39, 0.29) is 6.61 Å². The molecule has 2 N–H and O–H groups in total. The Bertz CT molecular complexity index is 501. The second kappa shape index (κ2) is 8.00. The maximum Gasteiger partial charge on any atom is 0.198 e. The first-order chi connectivity index (χ1) is 10.7. The number of aliphatic imine (C=N–C) groups is 1. The van der Waals surface area contributed by atoms with Crippen LogP contribution in [0.2, 0.25) is 0 Å².